The highest BCUT2D eigenvalue weighted by atomic mass is 35.5. The van der Waals surface area contributed by atoms with E-state index in [1.165, 1.54) is 17.1 Å². The number of benzene rings is 3. The van der Waals surface area contributed by atoms with Gasteiger partial charge in [-0.25, -0.2) is 17.8 Å². The molecule has 41 heavy (non-hydrogen) atoms. The van der Waals surface area contributed by atoms with Crippen molar-refractivity contribution in [3.8, 4) is 5.75 Å². The number of amides is 2. The quantitative estimate of drug-likeness (QED) is 0.461. The van der Waals surface area contributed by atoms with E-state index in [0.29, 0.717) is 24.2 Å². The first-order valence-electron chi connectivity index (χ1n) is 13.4. The number of likely N-dealkylation sites (tertiary alicyclic amines) is 1. The summed E-state index contributed by atoms with van der Waals surface area (Å²) in [5.41, 5.74) is 4.33. The second-order valence-corrected chi connectivity index (χ2v) is 13.3. The number of nitrogens with zero attached hydrogens (tertiary/aromatic N) is 2. The molecular weight excluding hydrogens is 569 g/mol. The number of hydrogen-bond donors (Lipinski definition) is 1. The SMILES string of the molecule is CN1NC(=O)C[C@H]1C(=O)N1CC[C@@]2(S(=O)(=O)c3ccccc3)c3ccc(OCc4c(F)cccc4Cl)cc3CC[C@@H]12. The van der Waals surface area contributed by atoms with E-state index in [0.717, 1.165) is 5.56 Å². The number of sulfone groups is 1. The van der Waals surface area contributed by atoms with E-state index in [1.54, 1.807) is 66.5 Å². The van der Waals surface area contributed by atoms with Crippen molar-refractivity contribution >= 4 is 33.3 Å². The predicted octanol–water partition coefficient (Wildman–Crippen LogP) is 4.01. The number of aryl methyl sites for hydroxylation is 1. The Hall–Kier alpha value is -3.47. The van der Waals surface area contributed by atoms with Crippen LogP contribution in [0.3, 0.4) is 0 Å². The van der Waals surface area contributed by atoms with Gasteiger partial charge in [0.05, 0.1) is 22.4 Å². The molecular formula is C30H29ClFN3O5S. The number of hydrogen-bond acceptors (Lipinski definition) is 6. The van der Waals surface area contributed by atoms with Crippen LogP contribution in [-0.4, -0.2) is 55.8 Å². The minimum absolute atomic E-state index is 0.0281. The number of likely N-dealkylation sites (N-methyl/N-ethyl adjacent to an activating group) is 1. The van der Waals surface area contributed by atoms with Crippen molar-refractivity contribution in [3.05, 3.63) is 94.3 Å². The summed E-state index contributed by atoms with van der Waals surface area (Å²) in [6, 6.07) is 16.7. The third kappa shape index (κ3) is 4.49. The summed E-state index contributed by atoms with van der Waals surface area (Å²) in [4.78, 5) is 27.6. The van der Waals surface area contributed by atoms with Crippen molar-refractivity contribution in [1.82, 2.24) is 15.3 Å². The Kier molecular flexibility index (Phi) is 7.04. The second kappa shape index (κ2) is 10.4. The van der Waals surface area contributed by atoms with Gasteiger partial charge in [-0.3, -0.25) is 15.0 Å². The first-order chi connectivity index (χ1) is 19.6. The summed E-state index contributed by atoms with van der Waals surface area (Å²) in [7, 11) is -2.32. The average Bonchev–Trinajstić information content (AvgIpc) is 3.53. The number of nitrogens with one attached hydrogen (secondary N) is 1. The largest absolute Gasteiger partial charge is 0.489 e. The van der Waals surface area contributed by atoms with Gasteiger partial charge in [0.2, 0.25) is 11.8 Å². The molecule has 3 aromatic carbocycles. The Morgan fingerprint density at radius 1 is 1.15 bits per heavy atom. The molecule has 2 aliphatic heterocycles. The van der Waals surface area contributed by atoms with Crippen LogP contribution in [0.25, 0.3) is 0 Å². The third-order valence-corrected chi connectivity index (χ3v) is 11.5. The molecule has 2 fully saturated rings. The molecule has 0 aromatic heterocycles. The molecule has 3 aliphatic rings. The van der Waals surface area contributed by atoms with Crippen LogP contribution in [0.5, 0.6) is 5.75 Å². The Morgan fingerprint density at radius 2 is 1.93 bits per heavy atom. The molecule has 6 rings (SSSR count). The summed E-state index contributed by atoms with van der Waals surface area (Å²) in [6.45, 7) is 0.169. The van der Waals surface area contributed by atoms with Gasteiger partial charge in [-0.15, -0.1) is 0 Å². The maximum absolute atomic E-state index is 14.5. The maximum atomic E-state index is 14.5. The number of carbonyl (C=O) groups excluding carboxylic acids is 2. The third-order valence-electron chi connectivity index (χ3n) is 8.55. The van der Waals surface area contributed by atoms with Gasteiger partial charge in [0.25, 0.3) is 0 Å². The number of halogens is 2. The average molecular weight is 598 g/mol. The van der Waals surface area contributed by atoms with Crippen molar-refractivity contribution in [3.63, 3.8) is 0 Å². The number of fused-ring (bicyclic) bond motifs is 3. The Bertz CT molecular complexity index is 1620. The molecule has 3 aromatic rings. The lowest BCUT2D eigenvalue weighted by molar-refractivity contribution is -0.137. The normalized spacial score (nSPS) is 24.1. The highest BCUT2D eigenvalue weighted by Crippen LogP contribution is 2.53. The van der Waals surface area contributed by atoms with Crippen LogP contribution in [0, 0.1) is 5.82 Å². The molecule has 214 valence electrons. The summed E-state index contributed by atoms with van der Waals surface area (Å²) < 4.78 is 47.9. The van der Waals surface area contributed by atoms with Crippen LogP contribution in [0.15, 0.2) is 71.6 Å². The van der Waals surface area contributed by atoms with Gasteiger partial charge in [0, 0.05) is 19.2 Å². The van der Waals surface area contributed by atoms with E-state index in [4.69, 9.17) is 16.3 Å². The Labute approximate surface area is 242 Å². The highest BCUT2D eigenvalue weighted by molar-refractivity contribution is 7.92. The minimum atomic E-state index is -3.97. The molecule has 0 saturated carbocycles. The molecule has 0 unspecified atom stereocenters. The van der Waals surface area contributed by atoms with Gasteiger partial charge in [0.15, 0.2) is 9.84 Å². The zero-order chi connectivity index (χ0) is 28.9. The standard InChI is InChI=1S/C30H29ClFN3O5S/c1-34-26(17-28(36)33-34)29(37)35-15-14-30(41(38,39)21-6-3-2-4-7-21)23-12-11-20(16-19(23)10-13-27(30)35)40-18-22-24(31)8-5-9-25(22)32/h2-9,11-12,16,26-27H,10,13-15,17-18H2,1H3,(H,33,36)/t26-,27+,30+/m0/s1. The van der Waals surface area contributed by atoms with Gasteiger partial charge in [-0.05, 0) is 66.8 Å². The number of carbonyl (C=O) groups is 2. The van der Waals surface area contributed by atoms with Gasteiger partial charge < -0.3 is 9.64 Å². The smallest absolute Gasteiger partial charge is 0.242 e. The van der Waals surface area contributed by atoms with E-state index in [1.807, 2.05) is 0 Å². The molecule has 2 heterocycles. The van der Waals surface area contributed by atoms with Crippen molar-refractivity contribution in [2.45, 2.75) is 54.0 Å². The summed E-state index contributed by atoms with van der Waals surface area (Å²) >= 11 is 6.16. The van der Waals surface area contributed by atoms with Crippen molar-refractivity contribution in [2.75, 3.05) is 13.6 Å². The fourth-order valence-electron chi connectivity index (χ4n) is 6.57. The lowest BCUT2D eigenvalue weighted by Crippen LogP contribution is -2.55. The molecule has 0 bridgehead atoms. The van der Waals surface area contributed by atoms with Gasteiger partial charge in [-0.1, -0.05) is 41.9 Å². The molecule has 11 heteroatoms. The second-order valence-electron chi connectivity index (χ2n) is 10.7. The summed E-state index contributed by atoms with van der Waals surface area (Å²) in [5.74, 6) is -0.499. The van der Waals surface area contributed by atoms with Crippen LogP contribution in [-0.2, 0) is 37.2 Å². The Balaban J connectivity index is 1.39. The first kappa shape index (κ1) is 27.7. The van der Waals surface area contributed by atoms with E-state index in [9.17, 15) is 22.4 Å². The minimum Gasteiger partial charge on any atom is -0.489 e. The van der Waals surface area contributed by atoms with Gasteiger partial charge in [-0.2, -0.15) is 0 Å². The fraction of sp³-hybridized carbons (Fsp3) is 0.333. The molecule has 1 aliphatic carbocycles. The molecule has 1 N–H and O–H groups in total. The Morgan fingerprint density at radius 3 is 2.63 bits per heavy atom. The van der Waals surface area contributed by atoms with Crippen LogP contribution in [0.4, 0.5) is 4.39 Å². The van der Waals surface area contributed by atoms with Crippen LogP contribution < -0.4 is 10.2 Å². The lowest BCUT2D eigenvalue weighted by atomic mass is 9.78. The molecule has 8 nitrogen and oxygen atoms in total. The monoisotopic (exact) mass is 597 g/mol. The van der Waals surface area contributed by atoms with E-state index >= 15 is 0 Å². The van der Waals surface area contributed by atoms with E-state index in [2.05, 4.69) is 5.43 Å². The highest BCUT2D eigenvalue weighted by Gasteiger charge is 2.61. The lowest BCUT2D eigenvalue weighted by Gasteiger charge is -2.43. The first-order valence-corrected chi connectivity index (χ1v) is 15.3. The van der Waals surface area contributed by atoms with E-state index in [-0.39, 0.29) is 53.3 Å². The predicted molar refractivity (Wildman–Crippen MR) is 150 cm³/mol. The number of hydrazine groups is 1. The van der Waals surface area contributed by atoms with Gasteiger partial charge >= 0.3 is 0 Å². The zero-order valence-corrected chi connectivity index (χ0v) is 23.9. The van der Waals surface area contributed by atoms with Crippen LogP contribution in [0.2, 0.25) is 5.02 Å². The molecule has 0 spiro atoms. The van der Waals surface area contributed by atoms with Crippen molar-refractivity contribution in [1.29, 1.82) is 0 Å². The topological polar surface area (TPSA) is 96.0 Å². The summed E-state index contributed by atoms with van der Waals surface area (Å²) in [6.07, 6.45) is 1.19. The molecule has 3 atom stereocenters. The molecule has 2 saturated heterocycles. The van der Waals surface area contributed by atoms with Crippen LogP contribution >= 0.6 is 11.6 Å². The number of ether oxygens (including phenoxy) is 1. The maximum Gasteiger partial charge on any atom is 0.242 e. The fourth-order valence-corrected chi connectivity index (χ4v) is 9.18. The van der Waals surface area contributed by atoms with Crippen LogP contribution in [0.1, 0.15) is 36.0 Å². The van der Waals surface area contributed by atoms with Gasteiger partial charge in [0.1, 0.15) is 29.0 Å². The van der Waals surface area contributed by atoms with Crippen molar-refractivity contribution in [2.24, 2.45) is 0 Å². The number of rotatable bonds is 6. The zero-order valence-electron chi connectivity index (χ0n) is 22.3. The molecule has 0 radical (unpaired) electrons. The van der Waals surface area contributed by atoms with E-state index < -0.39 is 32.5 Å². The summed E-state index contributed by atoms with van der Waals surface area (Å²) in [5, 5.41) is 1.76. The molecule has 2 amide bonds. The van der Waals surface area contributed by atoms with Crippen molar-refractivity contribution < 1.29 is 27.1 Å².